The van der Waals surface area contributed by atoms with Crippen molar-refractivity contribution in [2.75, 3.05) is 16.9 Å². The summed E-state index contributed by atoms with van der Waals surface area (Å²) in [5, 5.41) is 1.89. The first-order valence-electron chi connectivity index (χ1n) is 15.1. The summed E-state index contributed by atoms with van der Waals surface area (Å²) < 4.78 is 10.4. The topological polar surface area (TPSA) is 9.72 Å². The zero-order valence-electron chi connectivity index (χ0n) is 25.0. The normalized spacial score (nSPS) is 22.8. The molecule has 204 valence electrons. The number of hydrogen-bond acceptors (Lipinski definition) is 3. The monoisotopic (exact) mass is 592 g/mol. The second kappa shape index (κ2) is 11.8. The first-order valence-corrected chi connectivity index (χ1v) is 18.5. The zero-order chi connectivity index (χ0) is 27.1. The van der Waals surface area contributed by atoms with Crippen LogP contribution >= 0.6 is 8.22 Å². The third-order valence-corrected chi connectivity index (χ3v) is 15.3. The molecule has 0 N–H and O–H groups in total. The van der Waals surface area contributed by atoms with Gasteiger partial charge in [-0.2, -0.15) is 0 Å². The molecule has 2 atom stereocenters. The van der Waals surface area contributed by atoms with E-state index in [1.165, 1.54) is 43.5 Å². The fourth-order valence-electron chi connectivity index (χ4n) is 7.08. The van der Waals surface area contributed by atoms with E-state index in [2.05, 4.69) is 117 Å². The zero-order valence-corrected chi connectivity index (χ0v) is 28.1. The molecule has 38 heavy (non-hydrogen) atoms. The number of rotatable bonds is 9. The van der Waals surface area contributed by atoms with E-state index in [0.717, 1.165) is 11.8 Å². The van der Waals surface area contributed by atoms with Crippen molar-refractivity contribution in [3.8, 4) is 0 Å². The molecule has 2 aromatic rings. The Bertz CT molecular complexity index is 1100. The van der Waals surface area contributed by atoms with E-state index in [1.807, 2.05) is 5.31 Å². The molecule has 2 aromatic carbocycles. The Hall–Kier alpha value is -1.13. The molecule has 1 saturated heterocycles. The van der Waals surface area contributed by atoms with Crippen LogP contribution in [0.2, 0.25) is 0 Å². The van der Waals surface area contributed by atoms with E-state index in [0.29, 0.717) is 23.9 Å². The molecule has 2 radical (unpaired) electrons. The first-order chi connectivity index (χ1) is 18.2. The van der Waals surface area contributed by atoms with Crippen molar-refractivity contribution in [2.24, 2.45) is 11.8 Å². The van der Waals surface area contributed by atoms with E-state index >= 15 is 0 Å². The minimum absolute atomic E-state index is 0.510. The molecule has 3 aliphatic rings. The van der Waals surface area contributed by atoms with Crippen molar-refractivity contribution in [2.45, 2.75) is 98.6 Å². The van der Waals surface area contributed by atoms with Gasteiger partial charge in [0.05, 0.1) is 0 Å². The summed E-state index contributed by atoms with van der Waals surface area (Å²) in [5.74, 6) is 2.53. The summed E-state index contributed by atoms with van der Waals surface area (Å²) in [6.45, 7) is 21.8. The van der Waals surface area contributed by atoms with Gasteiger partial charge in [0.2, 0.25) is 0 Å². The Morgan fingerprint density at radius 3 is 1.82 bits per heavy atom. The van der Waals surface area contributed by atoms with E-state index < -0.39 is 23.9 Å². The predicted molar refractivity (Wildman–Crippen MR) is 169 cm³/mol. The van der Waals surface area contributed by atoms with Gasteiger partial charge in [-0.3, -0.25) is 0 Å². The maximum absolute atomic E-state index is 2.98. The van der Waals surface area contributed by atoms with Crippen molar-refractivity contribution < 1.29 is 0 Å². The van der Waals surface area contributed by atoms with Crippen LogP contribution in [0, 0.1) is 11.8 Å². The molecular formula is C33H49GeN3P+. The molecule has 5 rings (SSSR count). The molecule has 5 heteroatoms. The summed E-state index contributed by atoms with van der Waals surface area (Å²) >= 11 is -0.560. The quantitative estimate of drug-likeness (QED) is 0.218. The van der Waals surface area contributed by atoms with Gasteiger partial charge in [-0.1, -0.05) is 0 Å². The van der Waals surface area contributed by atoms with Crippen molar-refractivity contribution in [3.63, 3.8) is 0 Å². The van der Waals surface area contributed by atoms with Crippen LogP contribution in [-0.2, 0) is 0 Å². The van der Waals surface area contributed by atoms with Crippen molar-refractivity contribution in [1.29, 1.82) is 0 Å². The average molecular weight is 591 g/mol. The summed E-state index contributed by atoms with van der Waals surface area (Å²) in [6.07, 6.45) is 4.16. The van der Waals surface area contributed by atoms with Gasteiger partial charge in [-0.25, -0.2) is 0 Å². The number of allylic oxidation sites excluding steroid dienone is 2. The Morgan fingerprint density at radius 2 is 1.29 bits per heavy atom. The number of fused-ring (bicyclic) bond motifs is 2. The van der Waals surface area contributed by atoms with Gasteiger partial charge in [-0.15, -0.1) is 0 Å². The predicted octanol–water partition coefficient (Wildman–Crippen LogP) is 7.80. The molecule has 0 amide bonds. The van der Waals surface area contributed by atoms with Crippen LogP contribution < -0.4 is 8.25 Å². The molecular weight excluding hydrogens is 542 g/mol. The molecule has 0 aromatic heterocycles. The van der Waals surface area contributed by atoms with E-state index in [9.17, 15) is 0 Å². The summed E-state index contributed by atoms with van der Waals surface area (Å²) in [7, 11) is -0.927. The molecule has 1 saturated carbocycles. The van der Waals surface area contributed by atoms with Crippen LogP contribution in [-0.4, -0.2) is 50.2 Å². The summed E-state index contributed by atoms with van der Waals surface area (Å²) in [6, 6.07) is 19.8. The summed E-state index contributed by atoms with van der Waals surface area (Å²) in [5.41, 5.74) is 6.41. The fourth-order valence-corrected chi connectivity index (χ4v) is 14.0. The van der Waals surface area contributed by atoms with Crippen molar-refractivity contribution in [3.05, 3.63) is 70.7 Å². The van der Waals surface area contributed by atoms with Gasteiger partial charge >= 0.3 is 241 Å². The number of anilines is 1. The molecule has 2 bridgehead atoms. The van der Waals surface area contributed by atoms with Gasteiger partial charge in [0.15, 0.2) is 0 Å². The standard InChI is InChI=1S/C33H48GeN3P/c1-22(2)29-15-12-16-30(23(3)4)32(29)37(34-28-13-10-9-11-14-28)31-26-17-18-27(21-26)33(31)38-35(24(5)6)19-20-36(38)25(7)8/h9-16,22-27H,17-21H2,1-8H3/p+1/t26-,27+/m1/s1. The third kappa shape index (κ3) is 5.30. The van der Waals surface area contributed by atoms with Gasteiger partial charge in [0.1, 0.15) is 0 Å². The van der Waals surface area contributed by atoms with Gasteiger partial charge < -0.3 is 0 Å². The number of hydrogen-bond donors (Lipinski definition) is 0. The Kier molecular flexibility index (Phi) is 8.80. The number of nitrogens with zero attached hydrogens (tertiary/aromatic N) is 3. The Balaban J connectivity index is 1.76. The molecule has 0 spiro atoms. The van der Waals surface area contributed by atoms with E-state index in [4.69, 9.17) is 0 Å². The molecule has 0 unspecified atom stereocenters. The summed E-state index contributed by atoms with van der Waals surface area (Å²) in [4.78, 5) is 0. The van der Waals surface area contributed by atoms with Crippen LogP contribution in [0.1, 0.15) is 97.6 Å². The molecule has 3 nitrogen and oxygen atoms in total. The van der Waals surface area contributed by atoms with Crippen molar-refractivity contribution in [1.82, 2.24) is 9.34 Å². The fraction of sp³-hybridized carbons (Fsp3) is 0.576. The minimum atomic E-state index is -0.927. The van der Waals surface area contributed by atoms with Gasteiger partial charge in [0, 0.05) is 0 Å². The number of benzene rings is 2. The SMILES string of the molecule is CC(C)c1cccc(C(C)C)c1[N]([Ge][c]1ccccc1)C1=C([PH+]2N(C(C)C)CCN2C(C)C)[C@H]2CC[C@@H]1C2. The van der Waals surface area contributed by atoms with Gasteiger partial charge in [0.25, 0.3) is 0 Å². The van der Waals surface area contributed by atoms with Crippen LogP contribution in [0.3, 0.4) is 0 Å². The van der Waals surface area contributed by atoms with Crippen LogP contribution in [0.4, 0.5) is 5.69 Å². The first kappa shape index (κ1) is 28.4. The van der Waals surface area contributed by atoms with E-state index in [-0.39, 0.29) is 0 Å². The molecule has 1 heterocycles. The molecule has 1 aliphatic heterocycles. The van der Waals surface area contributed by atoms with Crippen molar-refractivity contribution >= 4 is 34.0 Å². The second-order valence-corrected chi connectivity index (χ2v) is 17.8. The third-order valence-electron chi connectivity index (χ3n) is 8.94. The van der Waals surface area contributed by atoms with E-state index in [1.54, 1.807) is 15.8 Å². The maximum atomic E-state index is 2.98. The molecule has 2 aliphatic carbocycles. The Labute approximate surface area is 240 Å². The van der Waals surface area contributed by atoms with Crippen LogP contribution in [0.5, 0.6) is 0 Å². The average Bonchev–Trinajstić information content (AvgIpc) is 3.62. The van der Waals surface area contributed by atoms with Crippen LogP contribution in [0.25, 0.3) is 0 Å². The van der Waals surface area contributed by atoms with Crippen LogP contribution in [0.15, 0.2) is 59.5 Å². The Morgan fingerprint density at radius 1 is 0.737 bits per heavy atom. The van der Waals surface area contributed by atoms with Gasteiger partial charge in [-0.05, 0) is 0 Å². The number of para-hydroxylation sites is 1. The second-order valence-electron chi connectivity index (χ2n) is 12.8. The molecule has 2 fully saturated rings.